The van der Waals surface area contributed by atoms with Crippen LogP contribution in [0.5, 0.6) is 0 Å². The highest BCUT2D eigenvalue weighted by atomic mass is 79.9. The van der Waals surface area contributed by atoms with E-state index in [2.05, 4.69) is 21.2 Å². The Labute approximate surface area is 86.1 Å². The topological polar surface area (TPSA) is 32.3 Å². The molecule has 0 spiro atoms. The van der Waals surface area contributed by atoms with E-state index in [-0.39, 0.29) is 0 Å². The van der Waals surface area contributed by atoms with E-state index in [4.69, 9.17) is 0 Å². The normalized spacial score (nSPS) is 19.6. The first kappa shape index (κ1) is 9.19. The Hall–Kier alpha value is -0.380. The molecule has 0 bridgehead atoms. The first-order valence-corrected chi connectivity index (χ1v) is 5.11. The van der Waals surface area contributed by atoms with Crippen molar-refractivity contribution in [1.29, 1.82) is 0 Å². The highest BCUT2D eigenvalue weighted by Crippen LogP contribution is 2.31. The van der Waals surface area contributed by atoms with Gasteiger partial charge in [-0.25, -0.2) is 0 Å². The van der Waals surface area contributed by atoms with Gasteiger partial charge >= 0.3 is 0 Å². The van der Waals surface area contributed by atoms with E-state index in [1.807, 2.05) is 25.1 Å². The zero-order valence-electron chi connectivity index (χ0n) is 7.47. The van der Waals surface area contributed by atoms with E-state index in [1.165, 1.54) is 5.56 Å². The predicted octanol–water partition coefficient (Wildman–Crippen LogP) is 1.55. The molecule has 1 heterocycles. The van der Waals surface area contributed by atoms with Gasteiger partial charge in [0.15, 0.2) is 0 Å². The average Bonchev–Trinajstić information content (AvgIpc) is 2.00. The van der Waals surface area contributed by atoms with Gasteiger partial charge in [-0.15, -0.1) is 0 Å². The van der Waals surface area contributed by atoms with E-state index < -0.39 is 5.60 Å². The fraction of sp³-hybridized carbons (Fsp3) is 0.400. The molecule has 1 aromatic rings. The van der Waals surface area contributed by atoms with E-state index in [0.29, 0.717) is 13.1 Å². The molecule has 0 aliphatic carbocycles. The molecular formula is C10H12BrNO. The Morgan fingerprint density at radius 3 is 2.62 bits per heavy atom. The first-order chi connectivity index (χ1) is 6.12. The molecule has 2 nitrogen and oxygen atoms in total. The molecule has 0 saturated carbocycles. The summed E-state index contributed by atoms with van der Waals surface area (Å²) in [4.78, 5) is 0. The van der Waals surface area contributed by atoms with Crippen molar-refractivity contribution in [2.24, 2.45) is 0 Å². The van der Waals surface area contributed by atoms with Crippen molar-refractivity contribution in [1.82, 2.24) is 5.32 Å². The summed E-state index contributed by atoms with van der Waals surface area (Å²) in [7, 11) is 0. The molecule has 2 rings (SSSR count). The predicted molar refractivity (Wildman–Crippen MR) is 55.6 cm³/mol. The van der Waals surface area contributed by atoms with Crippen LogP contribution in [-0.2, 0) is 5.60 Å². The number of nitrogens with one attached hydrogen (secondary N) is 1. The summed E-state index contributed by atoms with van der Waals surface area (Å²) in [5.41, 5.74) is 1.52. The van der Waals surface area contributed by atoms with Gasteiger partial charge < -0.3 is 10.4 Å². The average molecular weight is 242 g/mol. The smallest absolute Gasteiger partial charge is 0.115 e. The largest absolute Gasteiger partial charge is 0.382 e. The van der Waals surface area contributed by atoms with Gasteiger partial charge in [0.1, 0.15) is 5.60 Å². The summed E-state index contributed by atoms with van der Waals surface area (Å²) in [6.07, 6.45) is 0. The maximum atomic E-state index is 10.1. The van der Waals surface area contributed by atoms with Gasteiger partial charge in [0, 0.05) is 23.1 Å². The molecule has 70 valence electrons. The highest BCUT2D eigenvalue weighted by molar-refractivity contribution is 9.10. The minimum absolute atomic E-state index is 0.647. The number of aryl methyl sites for hydroxylation is 1. The Kier molecular flexibility index (Phi) is 2.18. The summed E-state index contributed by atoms with van der Waals surface area (Å²) in [6.45, 7) is 3.33. The van der Waals surface area contributed by atoms with Crippen LogP contribution in [0, 0.1) is 6.92 Å². The van der Waals surface area contributed by atoms with E-state index in [0.717, 1.165) is 10.0 Å². The molecule has 2 N–H and O–H groups in total. The molecule has 0 aromatic heterocycles. The Morgan fingerprint density at radius 1 is 1.46 bits per heavy atom. The van der Waals surface area contributed by atoms with Crippen molar-refractivity contribution in [2.45, 2.75) is 12.5 Å². The van der Waals surface area contributed by atoms with Gasteiger partial charge in [-0.05, 0) is 18.6 Å². The monoisotopic (exact) mass is 241 g/mol. The van der Waals surface area contributed by atoms with Crippen LogP contribution in [-0.4, -0.2) is 18.2 Å². The van der Waals surface area contributed by atoms with E-state index in [9.17, 15) is 5.11 Å². The highest BCUT2D eigenvalue weighted by Gasteiger charge is 2.37. The van der Waals surface area contributed by atoms with E-state index >= 15 is 0 Å². The van der Waals surface area contributed by atoms with Crippen molar-refractivity contribution in [3.63, 3.8) is 0 Å². The number of hydrogen-bond donors (Lipinski definition) is 2. The molecule has 1 aliphatic rings. The molecule has 1 aliphatic heterocycles. The van der Waals surface area contributed by atoms with Crippen molar-refractivity contribution in [2.75, 3.05) is 13.1 Å². The van der Waals surface area contributed by atoms with Crippen LogP contribution < -0.4 is 5.32 Å². The number of aliphatic hydroxyl groups is 1. The summed E-state index contributed by atoms with van der Waals surface area (Å²) in [5, 5.41) is 13.1. The molecule has 1 fully saturated rings. The maximum Gasteiger partial charge on any atom is 0.115 e. The number of β-amino-alcohol motifs (C(OH)–C–C–N with tert-alkyl or cyclic N) is 1. The Morgan fingerprint density at radius 2 is 2.15 bits per heavy atom. The zero-order valence-corrected chi connectivity index (χ0v) is 9.06. The lowest BCUT2D eigenvalue weighted by Crippen LogP contribution is -2.56. The van der Waals surface area contributed by atoms with Crippen LogP contribution >= 0.6 is 15.9 Å². The SMILES string of the molecule is Cc1ccc(C2(O)CNC2)c(Br)c1. The molecule has 1 aromatic carbocycles. The molecular weight excluding hydrogens is 230 g/mol. The van der Waals surface area contributed by atoms with Gasteiger partial charge in [-0.1, -0.05) is 28.1 Å². The van der Waals surface area contributed by atoms with Crippen LogP contribution in [0.15, 0.2) is 22.7 Å². The Balaban J connectivity index is 2.40. The molecule has 0 atom stereocenters. The number of benzene rings is 1. The molecule has 1 saturated heterocycles. The third-order valence-electron chi connectivity index (χ3n) is 2.46. The second-order valence-electron chi connectivity index (χ2n) is 3.62. The second-order valence-corrected chi connectivity index (χ2v) is 4.47. The minimum atomic E-state index is -0.660. The van der Waals surface area contributed by atoms with Crippen LogP contribution in [0.2, 0.25) is 0 Å². The number of halogens is 1. The maximum absolute atomic E-state index is 10.1. The number of rotatable bonds is 1. The molecule has 0 radical (unpaired) electrons. The van der Waals surface area contributed by atoms with Crippen molar-refractivity contribution < 1.29 is 5.11 Å². The van der Waals surface area contributed by atoms with Crippen LogP contribution in [0.1, 0.15) is 11.1 Å². The van der Waals surface area contributed by atoms with Crippen molar-refractivity contribution >= 4 is 15.9 Å². The standard InChI is InChI=1S/C10H12BrNO/c1-7-2-3-8(9(11)4-7)10(13)5-12-6-10/h2-4,12-13H,5-6H2,1H3. The lowest BCUT2D eigenvalue weighted by atomic mass is 9.88. The van der Waals surface area contributed by atoms with Gasteiger partial charge in [0.2, 0.25) is 0 Å². The van der Waals surface area contributed by atoms with Crippen molar-refractivity contribution in [3.05, 3.63) is 33.8 Å². The second kappa shape index (κ2) is 3.08. The van der Waals surface area contributed by atoms with Crippen LogP contribution in [0.3, 0.4) is 0 Å². The minimum Gasteiger partial charge on any atom is -0.382 e. The lowest BCUT2D eigenvalue weighted by molar-refractivity contribution is -0.0153. The lowest BCUT2D eigenvalue weighted by Gasteiger charge is -2.38. The van der Waals surface area contributed by atoms with Gasteiger partial charge in [-0.3, -0.25) is 0 Å². The molecule has 13 heavy (non-hydrogen) atoms. The summed E-state index contributed by atoms with van der Waals surface area (Å²) >= 11 is 3.47. The van der Waals surface area contributed by atoms with Crippen LogP contribution in [0.25, 0.3) is 0 Å². The van der Waals surface area contributed by atoms with Gasteiger partial charge in [0.05, 0.1) is 0 Å². The Bertz CT molecular complexity index is 334. The van der Waals surface area contributed by atoms with Crippen LogP contribution in [0.4, 0.5) is 0 Å². The summed E-state index contributed by atoms with van der Waals surface area (Å²) in [5.74, 6) is 0. The van der Waals surface area contributed by atoms with Gasteiger partial charge in [-0.2, -0.15) is 0 Å². The molecule has 3 heteroatoms. The first-order valence-electron chi connectivity index (χ1n) is 4.31. The molecule has 0 unspecified atom stereocenters. The summed E-state index contributed by atoms with van der Waals surface area (Å²) < 4.78 is 0.997. The quantitative estimate of drug-likeness (QED) is 0.783. The third kappa shape index (κ3) is 1.52. The van der Waals surface area contributed by atoms with Crippen molar-refractivity contribution in [3.8, 4) is 0 Å². The fourth-order valence-corrected chi connectivity index (χ4v) is 2.41. The summed E-state index contributed by atoms with van der Waals surface area (Å²) in [6, 6.07) is 6.04. The van der Waals surface area contributed by atoms with Gasteiger partial charge in [0.25, 0.3) is 0 Å². The molecule has 0 amide bonds. The number of hydrogen-bond acceptors (Lipinski definition) is 2. The fourth-order valence-electron chi connectivity index (χ4n) is 1.55. The third-order valence-corrected chi connectivity index (χ3v) is 3.12. The zero-order chi connectivity index (χ0) is 9.47. The van der Waals surface area contributed by atoms with E-state index in [1.54, 1.807) is 0 Å².